The molecule has 0 atom stereocenters. The monoisotopic (exact) mass is 381 g/mol. The van der Waals surface area contributed by atoms with E-state index in [2.05, 4.69) is 4.98 Å². The van der Waals surface area contributed by atoms with E-state index >= 15 is 0 Å². The van der Waals surface area contributed by atoms with Gasteiger partial charge in [-0.3, -0.25) is 9.59 Å². The summed E-state index contributed by atoms with van der Waals surface area (Å²) in [5.41, 5.74) is 1.35. The zero-order valence-electron chi connectivity index (χ0n) is 13.6. The molecule has 25 heavy (non-hydrogen) atoms. The third-order valence-corrected chi connectivity index (χ3v) is 3.80. The van der Waals surface area contributed by atoms with Crippen molar-refractivity contribution in [2.24, 2.45) is 0 Å². The highest BCUT2D eigenvalue weighted by Gasteiger charge is 2.16. The molecule has 0 bridgehead atoms. The molecular weight excluding hydrogens is 365 g/mol. The van der Waals surface area contributed by atoms with Crippen LogP contribution in [-0.2, 0) is 16.0 Å². The van der Waals surface area contributed by atoms with E-state index in [-0.39, 0.29) is 30.9 Å². The second kappa shape index (κ2) is 8.83. The third kappa shape index (κ3) is 5.73. The van der Waals surface area contributed by atoms with Gasteiger partial charge in [-0.05, 0) is 42.8 Å². The molecule has 7 heteroatoms. The van der Waals surface area contributed by atoms with Crippen LogP contribution in [0, 0.1) is 0 Å². The summed E-state index contributed by atoms with van der Waals surface area (Å²) in [5.74, 6) is -1.10. The quantitative estimate of drug-likeness (QED) is 0.574. The van der Waals surface area contributed by atoms with Gasteiger partial charge in [-0.1, -0.05) is 23.2 Å². The maximum atomic E-state index is 12.2. The molecule has 1 heterocycles. The Balaban J connectivity index is 2.13. The van der Waals surface area contributed by atoms with Crippen LogP contribution >= 0.6 is 23.2 Å². The van der Waals surface area contributed by atoms with E-state index in [1.54, 1.807) is 31.2 Å². The van der Waals surface area contributed by atoms with Crippen LogP contribution in [0.4, 0.5) is 0 Å². The van der Waals surface area contributed by atoms with E-state index in [0.29, 0.717) is 22.2 Å². The minimum atomic E-state index is -0.458. The number of benzene rings is 1. The number of carbonyl (C=O) groups is 2. The number of esters is 1. The zero-order chi connectivity index (χ0) is 18.4. The number of ether oxygens (including phenoxy) is 1. The molecule has 5 nitrogen and oxygen atoms in total. The van der Waals surface area contributed by atoms with Crippen LogP contribution in [0.2, 0.25) is 10.0 Å². The Kier molecular flexibility index (Phi) is 6.79. The number of Topliss-reactive ketones (excluding diaryl/α,β-unsaturated/α-hetero) is 1. The Morgan fingerprint density at radius 2 is 1.80 bits per heavy atom. The fourth-order valence-electron chi connectivity index (χ4n) is 2.29. The average molecular weight is 382 g/mol. The molecule has 0 saturated carbocycles. The fourth-order valence-corrected chi connectivity index (χ4v) is 2.86. The van der Waals surface area contributed by atoms with Crippen LogP contribution in [0.1, 0.15) is 41.5 Å². The number of halogens is 2. The Bertz CT molecular complexity index is 772. The predicted molar refractivity (Wildman–Crippen MR) is 95.4 cm³/mol. The summed E-state index contributed by atoms with van der Waals surface area (Å²) < 4.78 is 4.78. The van der Waals surface area contributed by atoms with Crippen molar-refractivity contribution in [3.05, 3.63) is 57.3 Å². The molecule has 1 aromatic carbocycles. The molecule has 0 aliphatic rings. The van der Waals surface area contributed by atoms with Gasteiger partial charge in [0.25, 0.3) is 0 Å². The summed E-state index contributed by atoms with van der Waals surface area (Å²) in [7, 11) is 0. The van der Waals surface area contributed by atoms with Gasteiger partial charge in [0.15, 0.2) is 5.78 Å². The first kappa shape index (κ1) is 19.2. The lowest BCUT2D eigenvalue weighted by Gasteiger charge is -2.07. The second-order valence-electron chi connectivity index (χ2n) is 5.35. The molecule has 0 aliphatic carbocycles. The first-order valence-corrected chi connectivity index (χ1v) is 8.47. The maximum Gasteiger partial charge on any atom is 0.306 e. The van der Waals surface area contributed by atoms with Crippen molar-refractivity contribution in [2.75, 3.05) is 6.61 Å². The summed E-state index contributed by atoms with van der Waals surface area (Å²) in [6.07, 6.45) is 0.270. The molecular formula is C18H17Cl2NO4. The van der Waals surface area contributed by atoms with Crippen molar-refractivity contribution in [3.8, 4) is 5.75 Å². The van der Waals surface area contributed by atoms with Gasteiger partial charge in [-0.15, -0.1) is 0 Å². The Morgan fingerprint density at radius 3 is 2.44 bits per heavy atom. The van der Waals surface area contributed by atoms with Crippen LogP contribution in [0.5, 0.6) is 5.75 Å². The second-order valence-corrected chi connectivity index (χ2v) is 6.23. The molecule has 1 N–H and O–H groups in total. The molecule has 0 amide bonds. The van der Waals surface area contributed by atoms with Gasteiger partial charge in [-0.2, -0.15) is 0 Å². The van der Waals surface area contributed by atoms with E-state index in [9.17, 15) is 14.7 Å². The lowest BCUT2D eigenvalue weighted by atomic mass is 10.1. The van der Waals surface area contributed by atoms with Crippen LogP contribution in [0.25, 0.3) is 0 Å². The smallest absolute Gasteiger partial charge is 0.306 e. The van der Waals surface area contributed by atoms with Gasteiger partial charge in [0.05, 0.1) is 13.0 Å². The van der Waals surface area contributed by atoms with E-state index in [4.69, 9.17) is 27.9 Å². The largest absolute Gasteiger partial charge is 0.506 e. The number of hydrogen-bond acceptors (Lipinski definition) is 5. The first-order chi connectivity index (χ1) is 11.9. The van der Waals surface area contributed by atoms with Crippen molar-refractivity contribution >= 4 is 35.0 Å². The molecule has 0 radical (unpaired) electrons. The van der Waals surface area contributed by atoms with Crippen molar-refractivity contribution in [3.63, 3.8) is 0 Å². The molecule has 0 fully saturated rings. The number of nitrogens with zero attached hydrogens (tertiary/aromatic N) is 1. The molecule has 0 saturated heterocycles. The average Bonchev–Trinajstić information content (AvgIpc) is 2.54. The van der Waals surface area contributed by atoms with Gasteiger partial charge < -0.3 is 9.84 Å². The van der Waals surface area contributed by atoms with Gasteiger partial charge >= 0.3 is 5.97 Å². The number of carbonyl (C=O) groups excluding carboxylic acids is 2. The zero-order valence-corrected chi connectivity index (χ0v) is 15.1. The lowest BCUT2D eigenvalue weighted by Crippen LogP contribution is -2.10. The predicted octanol–water partition coefficient (Wildman–Crippen LogP) is 4.21. The number of aromatic nitrogens is 1. The Morgan fingerprint density at radius 1 is 1.12 bits per heavy atom. The van der Waals surface area contributed by atoms with Crippen LogP contribution < -0.4 is 0 Å². The molecule has 0 spiro atoms. The van der Waals surface area contributed by atoms with Crippen molar-refractivity contribution < 1.29 is 19.4 Å². The normalized spacial score (nSPS) is 10.5. The topological polar surface area (TPSA) is 76.5 Å². The molecule has 132 valence electrons. The standard InChI is InChI=1S/C18H17Cl2NO4/c1-2-25-17(24)6-5-16(23)18-15(22)4-3-14(21-18)9-11-7-12(19)10-13(20)8-11/h3-4,7-8,10,22H,2,5-6,9H2,1H3. The van der Waals surface area contributed by atoms with Gasteiger partial charge in [0.1, 0.15) is 11.4 Å². The van der Waals surface area contributed by atoms with E-state index < -0.39 is 11.8 Å². The van der Waals surface area contributed by atoms with E-state index in [0.717, 1.165) is 5.56 Å². The minimum Gasteiger partial charge on any atom is -0.506 e. The van der Waals surface area contributed by atoms with Gasteiger partial charge in [0.2, 0.25) is 0 Å². The first-order valence-electron chi connectivity index (χ1n) is 7.71. The minimum absolute atomic E-state index is 0.0536. The van der Waals surface area contributed by atoms with Crippen LogP contribution in [0.3, 0.4) is 0 Å². The fraction of sp³-hybridized carbons (Fsp3) is 0.278. The highest BCUT2D eigenvalue weighted by molar-refractivity contribution is 6.34. The number of rotatable bonds is 7. The Hall–Kier alpha value is -2.11. The lowest BCUT2D eigenvalue weighted by molar-refractivity contribution is -0.143. The number of pyridine rings is 1. The molecule has 2 rings (SSSR count). The van der Waals surface area contributed by atoms with Gasteiger partial charge in [-0.25, -0.2) is 4.98 Å². The SMILES string of the molecule is CCOC(=O)CCC(=O)c1nc(Cc2cc(Cl)cc(Cl)c2)ccc1O. The van der Waals surface area contributed by atoms with Crippen molar-refractivity contribution in [1.29, 1.82) is 0 Å². The maximum absolute atomic E-state index is 12.2. The molecule has 0 unspecified atom stereocenters. The van der Waals surface area contributed by atoms with Crippen molar-refractivity contribution in [1.82, 2.24) is 4.98 Å². The highest BCUT2D eigenvalue weighted by atomic mass is 35.5. The summed E-state index contributed by atoms with van der Waals surface area (Å²) in [5, 5.41) is 10.9. The number of hydrogen-bond donors (Lipinski definition) is 1. The molecule has 0 aliphatic heterocycles. The summed E-state index contributed by atoms with van der Waals surface area (Å²) in [6.45, 7) is 1.95. The van der Waals surface area contributed by atoms with Crippen LogP contribution in [0.15, 0.2) is 30.3 Å². The third-order valence-electron chi connectivity index (χ3n) is 3.36. The molecule has 2 aromatic rings. The summed E-state index contributed by atoms with van der Waals surface area (Å²) in [4.78, 5) is 27.8. The summed E-state index contributed by atoms with van der Waals surface area (Å²) >= 11 is 12.0. The van der Waals surface area contributed by atoms with Crippen LogP contribution in [-0.4, -0.2) is 28.4 Å². The van der Waals surface area contributed by atoms with E-state index in [1.807, 2.05) is 0 Å². The van der Waals surface area contributed by atoms with Gasteiger partial charge in [0, 0.05) is 28.6 Å². The highest BCUT2D eigenvalue weighted by Crippen LogP contribution is 2.23. The Labute approximate surface area is 155 Å². The van der Waals surface area contributed by atoms with Crippen molar-refractivity contribution in [2.45, 2.75) is 26.2 Å². The van der Waals surface area contributed by atoms with E-state index in [1.165, 1.54) is 6.07 Å². The molecule has 1 aromatic heterocycles. The number of aromatic hydroxyl groups is 1. The summed E-state index contributed by atoms with van der Waals surface area (Å²) in [6, 6.07) is 8.16. The number of ketones is 1.